The molecule has 1 heterocycles. The molecule has 0 saturated carbocycles. The van der Waals surface area contributed by atoms with Gasteiger partial charge in [0, 0.05) is 12.5 Å². The Kier molecular flexibility index (Phi) is 3.53. The lowest BCUT2D eigenvalue weighted by Crippen LogP contribution is -2.47. The number of carbonyl (C=O) groups is 1. The van der Waals surface area contributed by atoms with Crippen molar-refractivity contribution >= 4 is 5.91 Å². The first-order chi connectivity index (χ1) is 6.45. The van der Waals surface area contributed by atoms with Gasteiger partial charge in [0.05, 0.1) is 0 Å². The maximum Gasteiger partial charge on any atom is 0.249 e. The van der Waals surface area contributed by atoms with Gasteiger partial charge in [-0.1, -0.05) is 27.7 Å². The maximum absolute atomic E-state index is 11.8. The van der Waals surface area contributed by atoms with Crippen molar-refractivity contribution in [1.82, 2.24) is 5.06 Å². The van der Waals surface area contributed by atoms with E-state index in [0.29, 0.717) is 24.3 Å². The molecular formula is C11H21NO2. The molecule has 0 aromatic carbocycles. The molecule has 0 aliphatic carbocycles. The van der Waals surface area contributed by atoms with Gasteiger partial charge in [0.15, 0.2) is 0 Å². The van der Waals surface area contributed by atoms with E-state index < -0.39 is 0 Å². The number of hydrogen-bond acceptors (Lipinski definition) is 2. The van der Waals surface area contributed by atoms with E-state index in [9.17, 15) is 10.0 Å². The Morgan fingerprint density at radius 3 is 2.29 bits per heavy atom. The van der Waals surface area contributed by atoms with Crippen molar-refractivity contribution in [3.05, 3.63) is 0 Å². The second kappa shape index (κ2) is 4.30. The van der Waals surface area contributed by atoms with Gasteiger partial charge in [-0.15, -0.1) is 0 Å². The van der Waals surface area contributed by atoms with Crippen LogP contribution in [0.3, 0.4) is 0 Å². The van der Waals surface area contributed by atoms with Crippen LogP contribution in [0.15, 0.2) is 0 Å². The molecule has 0 spiro atoms. The lowest BCUT2D eigenvalue weighted by atomic mass is 9.73. The average Bonchev–Trinajstić information content (AvgIpc) is 2.08. The second-order valence-electron chi connectivity index (χ2n) is 4.93. The minimum Gasteiger partial charge on any atom is -0.286 e. The first-order valence-corrected chi connectivity index (χ1v) is 5.45. The third-order valence-electron chi connectivity index (χ3n) is 3.25. The molecule has 82 valence electrons. The van der Waals surface area contributed by atoms with Crippen molar-refractivity contribution in [2.45, 2.75) is 34.1 Å². The second-order valence-corrected chi connectivity index (χ2v) is 4.93. The summed E-state index contributed by atoms with van der Waals surface area (Å²) in [6.07, 6.45) is 0.919. The third kappa shape index (κ3) is 2.08. The summed E-state index contributed by atoms with van der Waals surface area (Å²) in [6, 6.07) is 0. The van der Waals surface area contributed by atoms with Crippen LogP contribution >= 0.6 is 0 Å². The van der Waals surface area contributed by atoms with Gasteiger partial charge < -0.3 is 0 Å². The minimum absolute atomic E-state index is 0.00579. The predicted octanol–water partition coefficient (Wildman–Crippen LogP) is 2.15. The summed E-state index contributed by atoms with van der Waals surface area (Å²) in [5, 5.41) is 10.3. The predicted molar refractivity (Wildman–Crippen MR) is 54.8 cm³/mol. The number of nitrogens with zero attached hydrogens (tertiary/aromatic N) is 1. The van der Waals surface area contributed by atoms with Gasteiger partial charge >= 0.3 is 0 Å². The Labute approximate surface area is 86.1 Å². The lowest BCUT2D eigenvalue weighted by molar-refractivity contribution is -0.184. The Bertz CT molecular complexity index is 213. The maximum atomic E-state index is 11.8. The van der Waals surface area contributed by atoms with E-state index in [-0.39, 0.29) is 11.8 Å². The van der Waals surface area contributed by atoms with Crippen LogP contribution in [-0.2, 0) is 4.79 Å². The van der Waals surface area contributed by atoms with Crippen molar-refractivity contribution in [1.29, 1.82) is 0 Å². The monoisotopic (exact) mass is 199 g/mol. The highest BCUT2D eigenvalue weighted by molar-refractivity contribution is 5.79. The van der Waals surface area contributed by atoms with Crippen molar-refractivity contribution in [3.8, 4) is 0 Å². The van der Waals surface area contributed by atoms with Crippen molar-refractivity contribution in [2.24, 2.45) is 23.7 Å². The van der Waals surface area contributed by atoms with Crippen molar-refractivity contribution < 1.29 is 10.0 Å². The lowest BCUT2D eigenvalue weighted by Gasteiger charge is -2.38. The molecule has 14 heavy (non-hydrogen) atoms. The molecule has 1 fully saturated rings. The molecule has 2 atom stereocenters. The van der Waals surface area contributed by atoms with Gasteiger partial charge in [0.25, 0.3) is 0 Å². The van der Waals surface area contributed by atoms with Crippen molar-refractivity contribution in [3.63, 3.8) is 0 Å². The molecule has 0 radical (unpaired) electrons. The molecule has 1 aliphatic rings. The largest absolute Gasteiger partial charge is 0.286 e. The standard InChI is InChI=1S/C11H21NO2/c1-7(2)9-5-6-12(14)11(13)10(9)8(3)4/h7-10,14H,5-6H2,1-4H3. The molecule has 1 amide bonds. The molecule has 0 bridgehead atoms. The summed E-state index contributed by atoms with van der Waals surface area (Å²) in [5.74, 6) is 1.15. The van der Waals surface area contributed by atoms with Crippen molar-refractivity contribution in [2.75, 3.05) is 6.54 Å². The van der Waals surface area contributed by atoms with Crippen LogP contribution in [0.2, 0.25) is 0 Å². The van der Waals surface area contributed by atoms with Gasteiger partial charge in [0.2, 0.25) is 5.91 Å². The molecule has 1 N–H and O–H groups in total. The fraction of sp³-hybridized carbons (Fsp3) is 0.909. The molecule has 1 saturated heterocycles. The van der Waals surface area contributed by atoms with E-state index in [1.165, 1.54) is 0 Å². The Morgan fingerprint density at radius 2 is 1.86 bits per heavy atom. The summed E-state index contributed by atoms with van der Waals surface area (Å²) in [4.78, 5) is 11.8. The van der Waals surface area contributed by atoms with E-state index in [1.807, 2.05) is 0 Å². The van der Waals surface area contributed by atoms with Gasteiger partial charge in [-0.3, -0.25) is 10.0 Å². The zero-order valence-electron chi connectivity index (χ0n) is 9.53. The molecule has 1 aliphatic heterocycles. The summed E-state index contributed by atoms with van der Waals surface area (Å²) in [6.45, 7) is 8.90. The summed E-state index contributed by atoms with van der Waals surface area (Å²) >= 11 is 0. The Hall–Kier alpha value is -0.570. The highest BCUT2D eigenvalue weighted by Gasteiger charge is 2.39. The zero-order chi connectivity index (χ0) is 10.9. The van der Waals surface area contributed by atoms with E-state index in [0.717, 1.165) is 11.5 Å². The smallest absolute Gasteiger partial charge is 0.249 e. The Morgan fingerprint density at radius 1 is 1.29 bits per heavy atom. The number of piperidine rings is 1. The number of rotatable bonds is 2. The SMILES string of the molecule is CC(C)C1CCN(O)C(=O)C1C(C)C. The highest BCUT2D eigenvalue weighted by Crippen LogP contribution is 2.34. The molecule has 2 unspecified atom stereocenters. The number of hydrogen-bond donors (Lipinski definition) is 1. The van der Waals surface area contributed by atoms with Crippen LogP contribution < -0.4 is 0 Å². The van der Waals surface area contributed by atoms with E-state index in [4.69, 9.17) is 0 Å². The minimum atomic E-state index is -0.0926. The van der Waals surface area contributed by atoms with Crippen LogP contribution in [0.4, 0.5) is 0 Å². The van der Waals surface area contributed by atoms with Crippen LogP contribution in [0.1, 0.15) is 34.1 Å². The molecule has 3 nitrogen and oxygen atoms in total. The first kappa shape index (κ1) is 11.5. The molecule has 3 heteroatoms. The van der Waals surface area contributed by atoms with Crippen LogP contribution in [-0.4, -0.2) is 22.7 Å². The number of hydroxylamine groups is 2. The Balaban J connectivity index is 2.82. The van der Waals surface area contributed by atoms with Gasteiger partial charge in [-0.25, -0.2) is 5.06 Å². The summed E-state index contributed by atoms with van der Waals surface area (Å²) < 4.78 is 0. The van der Waals surface area contributed by atoms with Crippen LogP contribution in [0.25, 0.3) is 0 Å². The normalized spacial score (nSPS) is 29.1. The highest BCUT2D eigenvalue weighted by atomic mass is 16.5. The fourth-order valence-electron chi connectivity index (χ4n) is 2.44. The number of amides is 1. The number of carbonyl (C=O) groups excluding carboxylic acids is 1. The molecule has 1 rings (SSSR count). The zero-order valence-corrected chi connectivity index (χ0v) is 9.53. The third-order valence-corrected chi connectivity index (χ3v) is 3.25. The molecular weight excluding hydrogens is 178 g/mol. The van der Waals surface area contributed by atoms with Crippen LogP contribution in [0.5, 0.6) is 0 Å². The molecule has 0 aromatic rings. The van der Waals surface area contributed by atoms with Crippen LogP contribution in [0, 0.1) is 23.7 Å². The van der Waals surface area contributed by atoms with Gasteiger partial charge in [0.1, 0.15) is 0 Å². The van der Waals surface area contributed by atoms with Gasteiger partial charge in [-0.05, 0) is 24.2 Å². The molecule has 0 aromatic heterocycles. The fourth-order valence-corrected chi connectivity index (χ4v) is 2.44. The summed E-state index contributed by atoms with van der Waals surface area (Å²) in [7, 11) is 0. The average molecular weight is 199 g/mol. The van der Waals surface area contributed by atoms with E-state index >= 15 is 0 Å². The quantitative estimate of drug-likeness (QED) is 0.692. The van der Waals surface area contributed by atoms with Gasteiger partial charge in [-0.2, -0.15) is 0 Å². The topological polar surface area (TPSA) is 40.5 Å². The first-order valence-electron chi connectivity index (χ1n) is 5.45. The van der Waals surface area contributed by atoms with E-state index in [2.05, 4.69) is 27.7 Å². The summed E-state index contributed by atoms with van der Waals surface area (Å²) in [5.41, 5.74) is 0. The van der Waals surface area contributed by atoms with E-state index in [1.54, 1.807) is 0 Å².